The standard InChI is InChI=1S/C11H15BrN4.C4H4O4/c12-9-7-13-11(14-8-9)16-6-5-15-3-1-10(16)2-4-15;5-3(6)1-2-4(7)8/h7-8,10H,1-6H2;1-2H,(H,5,6)(H,7,8)/b;2-1+. The summed E-state index contributed by atoms with van der Waals surface area (Å²) in [6.07, 6.45) is 7.28. The highest BCUT2D eigenvalue weighted by atomic mass is 79.9. The maximum absolute atomic E-state index is 9.55. The molecule has 0 saturated carbocycles. The molecule has 4 rings (SSSR count). The molecule has 3 saturated heterocycles. The number of nitrogens with zero attached hydrogens (tertiary/aromatic N) is 4. The Morgan fingerprint density at radius 2 is 1.58 bits per heavy atom. The lowest BCUT2D eigenvalue weighted by Gasteiger charge is -2.31. The van der Waals surface area contributed by atoms with E-state index in [0.29, 0.717) is 18.2 Å². The molecule has 3 aliphatic heterocycles. The van der Waals surface area contributed by atoms with E-state index >= 15 is 0 Å². The third-order valence-electron chi connectivity index (χ3n) is 3.89. The van der Waals surface area contributed by atoms with Crippen molar-refractivity contribution in [1.29, 1.82) is 0 Å². The van der Waals surface area contributed by atoms with Crippen LogP contribution in [0.5, 0.6) is 0 Å². The molecule has 24 heavy (non-hydrogen) atoms. The fourth-order valence-corrected chi connectivity index (χ4v) is 2.95. The molecule has 0 atom stereocenters. The van der Waals surface area contributed by atoms with Crippen molar-refractivity contribution in [1.82, 2.24) is 14.9 Å². The SMILES string of the molecule is Brc1cnc(N2CCN3CCC2CC3)nc1.O=C(O)/C=C/C(=O)O. The fraction of sp³-hybridized carbons (Fsp3) is 0.467. The zero-order valence-electron chi connectivity index (χ0n) is 13.0. The van der Waals surface area contributed by atoms with Gasteiger partial charge in [-0.15, -0.1) is 0 Å². The molecule has 1 aromatic rings. The molecule has 4 heterocycles. The van der Waals surface area contributed by atoms with Gasteiger partial charge < -0.3 is 20.0 Å². The maximum atomic E-state index is 9.55. The molecular weight excluding hydrogens is 380 g/mol. The Morgan fingerprint density at radius 1 is 1.04 bits per heavy atom. The average molecular weight is 399 g/mol. The second-order valence-electron chi connectivity index (χ2n) is 5.48. The van der Waals surface area contributed by atoms with Crippen molar-refractivity contribution in [3.8, 4) is 0 Å². The second kappa shape index (κ2) is 8.74. The van der Waals surface area contributed by atoms with Gasteiger partial charge in [-0.05, 0) is 28.8 Å². The van der Waals surface area contributed by atoms with Crippen molar-refractivity contribution < 1.29 is 19.8 Å². The highest BCUT2D eigenvalue weighted by Crippen LogP contribution is 2.24. The van der Waals surface area contributed by atoms with E-state index in [2.05, 4.69) is 35.7 Å². The Labute approximate surface area is 147 Å². The third kappa shape index (κ3) is 5.57. The number of hydrogen-bond donors (Lipinski definition) is 2. The molecule has 3 aliphatic rings. The van der Waals surface area contributed by atoms with Crippen LogP contribution in [0.1, 0.15) is 12.8 Å². The molecule has 2 N–H and O–H groups in total. The summed E-state index contributed by atoms with van der Waals surface area (Å²) in [5, 5.41) is 15.6. The van der Waals surface area contributed by atoms with Gasteiger partial charge in [0.15, 0.2) is 0 Å². The molecule has 3 fully saturated rings. The van der Waals surface area contributed by atoms with Gasteiger partial charge in [-0.25, -0.2) is 19.6 Å². The van der Waals surface area contributed by atoms with Crippen molar-refractivity contribution in [3.05, 3.63) is 29.0 Å². The quantitative estimate of drug-likeness (QED) is 0.732. The zero-order valence-corrected chi connectivity index (χ0v) is 14.6. The number of halogens is 1. The minimum absolute atomic E-state index is 0.558. The van der Waals surface area contributed by atoms with Gasteiger partial charge in [0.1, 0.15) is 0 Å². The lowest BCUT2D eigenvalue weighted by molar-refractivity contribution is -0.134. The summed E-state index contributed by atoms with van der Waals surface area (Å²) < 4.78 is 0.944. The van der Waals surface area contributed by atoms with Gasteiger partial charge in [0.25, 0.3) is 0 Å². The van der Waals surface area contributed by atoms with Gasteiger partial charge in [-0.2, -0.15) is 0 Å². The summed E-state index contributed by atoms with van der Waals surface area (Å²) in [6.45, 7) is 4.68. The summed E-state index contributed by atoms with van der Waals surface area (Å²) in [5.41, 5.74) is 0. The van der Waals surface area contributed by atoms with Crippen LogP contribution in [0.3, 0.4) is 0 Å². The van der Waals surface area contributed by atoms with E-state index in [9.17, 15) is 9.59 Å². The molecule has 0 spiro atoms. The lowest BCUT2D eigenvalue weighted by Crippen LogP contribution is -2.38. The van der Waals surface area contributed by atoms with Crippen LogP contribution in [0.25, 0.3) is 0 Å². The van der Waals surface area contributed by atoms with Gasteiger partial charge in [0, 0.05) is 56.8 Å². The van der Waals surface area contributed by atoms with Gasteiger partial charge in [-0.1, -0.05) is 0 Å². The number of rotatable bonds is 3. The maximum Gasteiger partial charge on any atom is 0.328 e. The highest BCUT2D eigenvalue weighted by molar-refractivity contribution is 9.10. The molecule has 2 bridgehead atoms. The van der Waals surface area contributed by atoms with E-state index in [1.54, 1.807) is 0 Å². The topological polar surface area (TPSA) is 107 Å². The van der Waals surface area contributed by atoms with Crippen molar-refractivity contribution in [3.63, 3.8) is 0 Å². The number of hydrogen-bond acceptors (Lipinski definition) is 6. The Hall–Kier alpha value is -2.00. The van der Waals surface area contributed by atoms with Crippen molar-refractivity contribution >= 4 is 33.8 Å². The predicted molar refractivity (Wildman–Crippen MR) is 91.0 cm³/mol. The Kier molecular flexibility index (Phi) is 6.68. The smallest absolute Gasteiger partial charge is 0.328 e. The molecule has 0 radical (unpaired) electrons. The Balaban J connectivity index is 0.000000224. The van der Waals surface area contributed by atoms with Crippen LogP contribution in [0.15, 0.2) is 29.0 Å². The van der Waals surface area contributed by atoms with Crippen LogP contribution < -0.4 is 4.90 Å². The van der Waals surface area contributed by atoms with Gasteiger partial charge in [-0.3, -0.25) is 0 Å². The Morgan fingerprint density at radius 3 is 2.08 bits per heavy atom. The summed E-state index contributed by atoms with van der Waals surface area (Å²) in [6, 6.07) is 0.639. The van der Waals surface area contributed by atoms with Crippen LogP contribution in [0, 0.1) is 0 Å². The van der Waals surface area contributed by atoms with Gasteiger partial charge in [0.2, 0.25) is 5.95 Å². The number of carboxylic acid groups (broad SMARTS) is 2. The first-order chi connectivity index (χ1) is 11.5. The summed E-state index contributed by atoms with van der Waals surface area (Å²) in [4.78, 5) is 32.8. The minimum atomic E-state index is -1.26. The van der Waals surface area contributed by atoms with Crippen molar-refractivity contribution in [2.75, 3.05) is 31.1 Å². The average Bonchev–Trinajstić information content (AvgIpc) is 2.88. The predicted octanol–water partition coefficient (Wildman–Crippen LogP) is 1.24. The summed E-state index contributed by atoms with van der Waals surface area (Å²) >= 11 is 3.37. The number of piperidine rings is 1. The van der Waals surface area contributed by atoms with Crippen LogP contribution in [-0.4, -0.2) is 69.2 Å². The number of aromatic nitrogens is 2. The van der Waals surface area contributed by atoms with Crippen LogP contribution >= 0.6 is 15.9 Å². The molecule has 9 heteroatoms. The van der Waals surface area contributed by atoms with E-state index in [-0.39, 0.29) is 0 Å². The largest absolute Gasteiger partial charge is 0.478 e. The fourth-order valence-electron chi connectivity index (χ4n) is 2.75. The first-order valence-corrected chi connectivity index (χ1v) is 8.35. The Bertz CT molecular complexity index is 584. The highest BCUT2D eigenvalue weighted by Gasteiger charge is 2.30. The number of fused-ring (bicyclic) bond motifs is 4. The third-order valence-corrected chi connectivity index (χ3v) is 4.30. The monoisotopic (exact) mass is 398 g/mol. The molecule has 130 valence electrons. The zero-order chi connectivity index (χ0) is 17.5. The number of carbonyl (C=O) groups is 2. The van der Waals surface area contributed by atoms with Crippen LogP contribution in [0.4, 0.5) is 5.95 Å². The molecule has 1 aromatic heterocycles. The molecule has 0 aliphatic carbocycles. The molecule has 0 unspecified atom stereocenters. The first kappa shape index (κ1) is 18.3. The van der Waals surface area contributed by atoms with Crippen molar-refractivity contribution in [2.45, 2.75) is 18.9 Å². The molecular formula is C15H19BrN4O4. The van der Waals surface area contributed by atoms with E-state index in [1.807, 2.05) is 12.4 Å². The lowest BCUT2D eigenvalue weighted by atomic mass is 10.1. The second-order valence-corrected chi connectivity index (χ2v) is 6.39. The molecule has 0 amide bonds. The molecule has 0 aromatic carbocycles. The number of aliphatic carboxylic acids is 2. The van der Waals surface area contributed by atoms with E-state index in [4.69, 9.17) is 10.2 Å². The summed E-state index contributed by atoms with van der Waals surface area (Å²) in [7, 11) is 0. The molecule has 8 nitrogen and oxygen atoms in total. The number of anilines is 1. The van der Waals surface area contributed by atoms with E-state index in [1.165, 1.54) is 25.9 Å². The van der Waals surface area contributed by atoms with Crippen LogP contribution in [0.2, 0.25) is 0 Å². The normalized spacial score (nSPS) is 22.6. The van der Waals surface area contributed by atoms with E-state index < -0.39 is 11.9 Å². The van der Waals surface area contributed by atoms with E-state index in [0.717, 1.165) is 23.5 Å². The minimum Gasteiger partial charge on any atom is -0.478 e. The van der Waals surface area contributed by atoms with Crippen LogP contribution in [-0.2, 0) is 9.59 Å². The van der Waals surface area contributed by atoms with Gasteiger partial charge >= 0.3 is 11.9 Å². The number of carboxylic acids is 2. The van der Waals surface area contributed by atoms with Crippen molar-refractivity contribution in [2.24, 2.45) is 0 Å². The summed E-state index contributed by atoms with van der Waals surface area (Å²) in [5.74, 6) is -1.63. The van der Waals surface area contributed by atoms with Gasteiger partial charge in [0.05, 0.1) is 4.47 Å². The first-order valence-electron chi connectivity index (χ1n) is 7.56.